The highest BCUT2D eigenvalue weighted by Gasteiger charge is 2.24. The Hall–Kier alpha value is -1.91. The van der Waals surface area contributed by atoms with Crippen molar-refractivity contribution in [2.24, 2.45) is 0 Å². The lowest BCUT2D eigenvalue weighted by Crippen LogP contribution is -2.24. The summed E-state index contributed by atoms with van der Waals surface area (Å²) in [5.74, 6) is -0.386. The van der Waals surface area contributed by atoms with Gasteiger partial charge in [-0.3, -0.25) is 14.9 Å². The Kier molecular flexibility index (Phi) is 3.27. The van der Waals surface area contributed by atoms with E-state index in [1.54, 1.807) is 26.0 Å². The average Bonchev–Trinajstić information content (AvgIpc) is 2.16. The van der Waals surface area contributed by atoms with E-state index in [2.05, 4.69) is 0 Å². The largest absolute Gasteiger partial charge is 0.455 e. The second kappa shape index (κ2) is 4.30. The first-order valence-electron chi connectivity index (χ1n) is 4.77. The van der Waals surface area contributed by atoms with Crippen molar-refractivity contribution < 1.29 is 14.5 Å². The predicted octanol–water partition coefficient (Wildman–Crippen LogP) is 2.39. The van der Waals surface area contributed by atoms with Gasteiger partial charge in [0.2, 0.25) is 0 Å². The maximum atomic E-state index is 10.9. The number of non-ortho nitro benzene ring substituents is 1. The van der Waals surface area contributed by atoms with Gasteiger partial charge in [0.1, 0.15) is 5.60 Å². The lowest BCUT2D eigenvalue weighted by Gasteiger charge is -2.24. The summed E-state index contributed by atoms with van der Waals surface area (Å²) >= 11 is 0. The summed E-state index contributed by atoms with van der Waals surface area (Å²) in [5.41, 5.74) is -0.0447. The summed E-state index contributed by atoms with van der Waals surface area (Å²) in [6.07, 6.45) is 0. The van der Waals surface area contributed by atoms with Crippen molar-refractivity contribution in [2.75, 3.05) is 0 Å². The average molecular weight is 223 g/mol. The number of benzene rings is 1. The van der Waals surface area contributed by atoms with Crippen LogP contribution in [0.1, 0.15) is 26.3 Å². The molecule has 0 N–H and O–H groups in total. The molecule has 0 heterocycles. The number of hydrogen-bond donors (Lipinski definition) is 0. The maximum absolute atomic E-state index is 10.9. The van der Waals surface area contributed by atoms with Crippen LogP contribution >= 0.6 is 0 Å². The fourth-order valence-electron chi connectivity index (χ4n) is 1.40. The highest BCUT2D eigenvalue weighted by atomic mass is 16.6. The molecule has 1 aromatic carbocycles. The first kappa shape index (κ1) is 12.2. The number of carbonyl (C=O) groups is 1. The zero-order valence-corrected chi connectivity index (χ0v) is 9.39. The van der Waals surface area contributed by atoms with Crippen LogP contribution in [0, 0.1) is 10.1 Å². The van der Waals surface area contributed by atoms with Crippen LogP contribution in [0.3, 0.4) is 0 Å². The Bertz CT molecular complexity index is 408. The van der Waals surface area contributed by atoms with Crippen LogP contribution in [0.4, 0.5) is 5.69 Å². The summed E-state index contributed by atoms with van der Waals surface area (Å²) in [4.78, 5) is 20.9. The van der Waals surface area contributed by atoms with Crippen molar-refractivity contribution in [3.05, 3.63) is 39.9 Å². The van der Waals surface area contributed by atoms with Crippen LogP contribution in [0.15, 0.2) is 24.3 Å². The Morgan fingerprint density at radius 3 is 2.19 bits per heavy atom. The van der Waals surface area contributed by atoms with Gasteiger partial charge in [-0.2, -0.15) is 0 Å². The van der Waals surface area contributed by atoms with E-state index in [4.69, 9.17) is 4.74 Å². The van der Waals surface area contributed by atoms with Gasteiger partial charge in [-0.15, -0.1) is 0 Å². The Balaban J connectivity index is 2.96. The van der Waals surface area contributed by atoms with Crippen molar-refractivity contribution in [3.63, 3.8) is 0 Å². The highest BCUT2D eigenvalue weighted by Crippen LogP contribution is 2.26. The first-order valence-corrected chi connectivity index (χ1v) is 4.77. The third-order valence-corrected chi connectivity index (χ3v) is 2.17. The van der Waals surface area contributed by atoms with E-state index in [-0.39, 0.29) is 11.7 Å². The van der Waals surface area contributed by atoms with Gasteiger partial charge >= 0.3 is 5.97 Å². The number of esters is 1. The third kappa shape index (κ3) is 2.79. The van der Waals surface area contributed by atoms with Gasteiger partial charge in [-0.1, -0.05) is 0 Å². The minimum absolute atomic E-state index is 0.0161. The fraction of sp³-hybridized carbons (Fsp3) is 0.364. The molecular formula is C11H13NO4. The van der Waals surface area contributed by atoms with Crippen LogP contribution in [0.5, 0.6) is 0 Å². The molecule has 5 heteroatoms. The summed E-state index contributed by atoms with van der Waals surface area (Å²) in [6.45, 7) is 4.79. The van der Waals surface area contributed by atoms with Crippen LogP contribution in [0.25, 0.3) is 0 Å². The molecule has 0 bridgehead atoms. The minimum atomic E-state index is -0.777. The molecule has 0 saturated carbocycles. The van der Waals surface area contributed by atoms with Crippen molar-refractivity contribution >= 4 is 11.7 Å². The number of nitro benzene ring substituents is 1. The number of nitro groups is 1. The molecule has 0 radical (unpaired) electrons. The van der Waals surface area contributed by atoms with Gasteiger partial charge in [0, 0.05) is 19.1 Å². The molecule has 0 amide bonds. The smallest absolute Gasteiger partial charge is 0.303 e. The number of ether oxygens (including phenoxy) is 1. The van der Waals surface area contributed by atoms with Gasteiger partial charge in [0.05, 0.1) is 4.92 Å². The molecule has 0 spiro atoms. The molecule has 86 valence electrons. The van der Waals surface area contributed by atoms with Gasteiger partial charge in [-0.05, 0) is 31.5 Å². The third-order valence-electron chi connectivity index (χ3n) is 2.17. The summed E-state index contributed by atoms with van der Waals surface area (Å²) in [5, 5.41) is 10.5. The SMILES string of the molecule is CC(=O)OC(C)(C)c1ccc([N+](=O)[O-])cc1. The quantitative estimate of drug-likeness (QED) is 0.448. The lowest BCUT2D eigenvalue weighted by atomic mass is 9.98. The lowest BCUT2D eigenvalue weighted by molar-refractivity contribution is -0.384. The van der Waals surface area contributed by atoms with Crippen molar-refractivity contribution in [3.8, 4) is 0 Å². The zero-order chi connectivity index (χ0) is 12.3. The molecule has 16 heavy (non-hydrogen) atoms. The standard InChI is InChI=1S/C11H13NO4/c1-8(13)16-11(2,3)9-4-6-10(7-5-9)12(14)15/h4-7H,1-3H3. The number of carbonyl (C=O) groups excluding carboxylic acids is 1. The number of nitrogens with zero attached hydrogens (tertiary/aromatic N) is 1. The molecule has 0 aliphatic heterocycles. The van der Waals surface area contributed by atoms with E-state index in [1.807, 2.05) is 0 Å². The topological polar surface area (TPSA) is 69.4 Å². The monoisotopic (exact) mass is 223 g/mol. The molecule has 0 aliphatic rings. The van der Waals surface area contributed by atoms with Crippen LogP contribution in [0.2, 0.25) is 0 Å². The van der Waals surface area contributed by atoms with Crippen LogP contribution < -0.4 is 0 Å². The van der Waals surface area contributed by atoms with Crippen molar-refractivity contribution in [1.82, 2.24) is 0 Å². The van der Waals surface area contributed by atoms with Gasteiger partial charge in [0.15, 0.2) is 0 Å². The van der Waals surface area contributed by atoms with Crippen molar-refractivity contribution in [2.45, 2.75) is 26.4 Å². The molecule has 0 aromatic heterocycles. The molecule has 0 aliphatic carbocycles. The second-order valence-electron chi connectivity index (χ2n) is 3.91. The molecule has 1 rings (SSSR count). The maximum Gasteiger partial charge on any atom is 0.303 e. The van der Waals surface area contributed by atoms with Crippen LogP contribution in [-0.2, 0) is 15.1 Å². The van der Waals surface area contributed by atoms with Gasteiger partial charge in [0.25, 0.3) is 5.69 Å². The summed E-state index contributed by atoms with van der Waals surface area (Å²) in [7, 11) is 0. The summed E-state index contributed by atoms with van der Waals surface area (Å²) in [6, 6.07) is 5.95. The van der Waals surface area contributed by atoms with Crippen molar-refractivity contribution in [1.29, 1.82) is 0 Å². The normalized spacial score (nSPS) is 10.9. The Morgan fingerprint density at radius 1 is 1.31 bits per heavy atom. The molecule has 0 unspecified atom stereocenters. The van der Waals surface area contributed by atoms with E-state index < -0.39 is 10.5 Å². The minimum Gasteiger partial charge on any atom is -0.455 e. The molecule has 0 atom stereocenters. The van der Waals surface area contributed by atoms with E-state index in [0.717, 1.165) is 0 Å². The molecular weight excluding hydrogens is 210 g/mol. The van der Waals surface area contributed by atoms with E-state index in [1.165, 1.54) is 19.1 Å². The van der Waals surface area contributed by atoms with E-state index in [0.29, 0.717) is 5.56 Å². The molecule has 5 nitrogen and oxygen atoms in total. The predicted molar refractivity (Wildman–Crippen MR) is 57.9 cm³/mol. The zero-order valence-electron chi connectivity index (χ0n) is 9.39. The highest BCUT2D eigenvalue weighted by molar-refractivity contribution is 5.66. The fourth-order valence-corrected chi connectivity index (χ4v) is 1.40. The van der Waals surface area contributed by atoms with Crippen LogP contribution in [-0.4, -0.2) is 10.9 Å². The summed E-state index contributed by atoms with van der Waals surface area (Å²) < 4.78 is 5.12. The number of rotatable bonds is 3. The molecule has 0 fully saturated rings. The number of hydrogen-bond acceptors (Lipinski definition) is 4. The van der Waals surface area contributed by atoms with Gasteiger partial charge in [-0.25, -0.2) is 0 Å². The van der Waals surface area contributed by atoms with E-state index >= 15 is 0 Å². The second-order valence-corrected chi connectivity index (χ2v) is 3.91. The Labute approximate surface area is 93.2 Å². The Morgan fingerprint density at radius 2 is 1.81 bits per heavy atom. The van der Waals surface area contributed by atoms with E-state index in [9.17, 15) is 14.9 Å². The molecule has 1 aromatic rings. The first-order chi connectivity index (χ1) is 7.33. The molecule has 0 saturated heterocycles. The van der Waals surface area contributed by atoms with Gasteiger partial charge < -0.3 is 4.74 Å².